The lowest BCUT2D eigenvalue weighted by atomic mass is 9.89. The largest absolute Gasteiger partial charge is 0.481 e. The van der Waals surface area contributed by atoms with E-state index in [-0.39, 0.29) is 17.4 Å². The molecule has 0 radical (unpaired) electrons. The van der Waals surface area contributed by atoms with E-state index < -0.39 is 22.2 Å². The van der Waals surface area contributed by atoms with Gasteiger partial charge in [0.2, 0.25) is 0 Å². The molecule has 1 aromatic carbocycles. The number of Topliss-reactive ketones (excluding diaryl/α,β-unsaturated/α-hetero) is 1. The molecule has 0 heterocycles. The maximum atomic E-state index is 12.1. The summed E-state index contributed by atoms with van der Waals surface area (Å²) in [6.07, 6.45) is 0.984. The Labute approximate surface area is 108 Å². The Bertz CT molecular complexity index is 594. The second-order valence-corrected chi connectivity index (χ2v) is 5.06. The molecule has 2 fully saturated rings. The first-order valence-electron chi connectivity index (χ1n) is 6.00. The van der Waals surface area contributed by atoms with Crippen LogP contribution in [0.15, 0.2) is 24.3 Å². The first-order chi connectivity index (χ1) is 8.99. The van der Waals surface area contributed by atoms with Crippen molar-refractivity contribution in [1.29, 1.82) is 0 Å². The van der Waals surface area contributed by atoms with Crippen molar-refractivity contribution in [3.05, 3.63) is 39.9 Å². The number of hydrogen-bond donors (Lipinski definition) is 1. The zero-order chi connectivity index (χ0) is 13.8. The third-order valence-electron chi connectivity index (χ3n) is 4.33. The lowest BCUT2D eigenvalue weighted by molar-refractivity contribution is -0.384. The van der Waals surface area contributed by atoms with Crippen LogP contribution >= 0.6 is 0 Å². The SMILES string of the molecule is O=C(O)[C@H]1[C@H]2CCC(=O)[C@@]21c1ccc([N+](=O)[O-])cc1. The molecule has 1 N–H and O–H groups in total. The van der Waals surface area contributed by atoms with E-state index in [1.807, 2.05) is 0 Å². The van der Waals surface area contributed by atoms with E-state index in [1.165, 1.54) is 24.3 Å². The number of nitrogens with zero attached hydrogens (tertiary/aromatic N) is 1. The molecule has 19 heavy (non-hydrogen) atoms. The van der Waals surface area contributed by atoms with Gasteiger partial charge in [-0.25, -0.2) is 0 Å². The summed E-state index contributed by atoms with van der Waals surface area (Å²) in [6, 6.07) is 5.67. The molecule has 0 bridgehead atoms. The van der Waals surface area contributed by atoms with Gasteiger partial charge in [-0.15, -0.1) is 0 Å². The van der Waals surface area contributed by atoms with E-state index >= 15 is 0 Å². The first-order valence-corrected chi connectivity index (χ1v) is 6.00. The van der Waals surface area contributed by atoms with Crippen LogP contribution in [0.25, 0.3) is 0 Å². The highest BCUT2D eigenvalue weighted by molar-refractivity contribution is 6.03. The number of hydrogen-bond acceptors (Lipinski definition) is 4. The molecular formula is C13H11NO5. The third kappa shape index (κ3) is 1.36. The number of aliphatic carboxylic acids is 1. The number of non-ortho nitro benzene ring substituents is 1. The van der Waals surface area contributed by atoms with E-state index in [1.54, 1.807) is 0 Å². The van der Waals surface area contributed by atoms with Gasteiger partial charge in [0.25, 0.3) is 5.69 Å². The molecule has 6 heteroatoms. The van der Waals surface area contributed by atoms with Crippen molar-refractivity contribution in [1.82, 2.24) is 0 Å². The van der Waals surface area contributed by atoms with E-state index in [0.29, 0.717) is 18.4 Å². The highest BCUT2D eigenvalue weighted by Crippen LogP contribution is 2.67. The number of rotatable bonds is 3. The van der Waals surface area contributed by atoms with Crippen LogP contribution in [0.1, 0.15) is 18.4 Å². The predicted octanol–water partition coefficient (Wildman–Crippen LogP) is 1.53. The quantitative estimate of drug-likeness (QED) is 0.657. The molecular weight excluding hydrogens is 250 g/mol. The van der Waals surface area contributed by atoms with Crippen LogP contribution in [0.3, 0.4) is 0 Å². The van der Waals surface area contributed by atoms with Gasteiger partial charge in [-0.2, -0.15) is 0 Å². The Morgan fingerprint density at radius 2 is 2.00 bits per heavy atom. The van der Waals surface area contributed by atoms with Crippen LogP contribution in [0, 0.1) is 22.0 Å². The second-order valence-electron chi connectivity index (χ2n) is 5.06. The fourth-order valence-corrected chi connectivity index (χ4v) is 3.51. The minimum absolute atomic E-state index is 0.0567. The van der Waals surface area contributed by atoms with Crippen LogP contribution < -0.4 is 0 Å². The summed E-state index contributed by atoms with van der Waals surface area (Å²) < 4.78 is 0. The van der Waals surface area contributed by atoms with Crippen molar-refractivity contribution in [2.75, 3.05) is 0 Å². The van der Waals surface area contributed by atoms with E-state index in [9.17, 15) is 24.8 Å². The molecule has 98 valence electrons. The van der Waals surface area contributed by atoms with E-state index in [4.69, 9.17) is 0 Å². The van der Waals surface area contributed by atoms with Gasteiger partial charge in [0.15, 0.2) is 0 Å². The zero-order valence-corrected chi connectivity index (χ0v) is 9.91. The highest BCUT2D eigenvalue weighted by atomic mass is 16.6. The number of carboxylic acids is 1. The smallest absolute Gasteiger partial charge is 0.308 e. The van der Waals surface area contributed by atoms with Crippen LogP contribution in [0.2, 0.25) is 0 Å². The lowest BCUT2D eigenvalue weighted by Gasteiger charge is -2.12. The van der Waals surface area contributed by atoms with Crippen molar-refractivity contribution in [2.24, 2.45) is 11.8 Å². The molecule has 2 saturated carbocycles. The van der Waals surface area contributed by atoms with Crippen molar-refractivity contribution in [2.45, 2.75) is 18.3 Å². The topological polar surface area (TPSA) is 97.5 Å². The third-order valence-corrected chi connectivity index (χ3v) is 4.33. The zero-order valence-electron chi connectivity index (χ0n) is 9.91. The first kappa shape index (κ1) is 11.8. The minimum Gasteiger partial charge on any atom is -0.481 e. The summed E-state index contributed by atoms with van der Waals surface area (Å²) in [4.78, 5) is 33.4. The standard InChI is InChI=1S/C13H11NO5/c15-10-6-5-9-11(12(16)17)13(9,10)7-1-3-8(4-2-7)14(18)19/h1-4,9,11H,5-6H2,(H,16,17)/t9-,11-,13-/m1/s1. The van der Waals surface area contributed by atoms with Gasteiger partial charge in [0.05, 0.1) is 16.3 Å². The summed E-state index contributed by atoms with van der Waals surface area (Å²) in [5, 5.41) is 19.8. The fraction of sp³-hybridized carbons (Fsp3) is 0.385. The van der Waals surface area contributed by atoms with Gasteiger partial charge < -0.3 is 5.11 Å². The molecule has 0 amide bonds. The second kappa shape index (κ2) is 3.63. The van der Waals surface area contributed by atoms with Gasteiger partial charge in [-0.3, -0.25) is 19.7 Å². The summed E-state index contributed by atoms with van der Waals surface area (Å²) in [5.74, 6) is -1.84. The Kier molecular flexibility index (Phi) is 2.26. The number of carbonyl (C=O) groups is 2. The Balaban J connectivity index is 2.02. The molecule has 0 saturated heterocycles. The molecule has 0 aromatic heterocycles. The van der Waals surface area contributed by atoms with Crippen LogP contribution in [0.5, 0.6) is 0 Å². The average Bonchev–Trinajstić information content (AvgIpc) is 2.96. The van der Waals surface area contributed by atoms with E-state index in [0.717, 1.165) is 0 Å². The van der Waals surface area contributed by atoms with Crippen LogP contribution in [-0.2, 0) is 15.0 Å². The maximum absolute atomic E-state index is 12.1. The number of carbonyl (C=O) groups excluding carboxylic acids is 1. The normalized spacial score (nSPS) is 31.9. The van der Waals surface area contributed by atoms with Crippen molar-refractivity contribution < 1.29 is 19.6 Å². The number of benzene rings is 1. The summed E-state index contributed by atoms with van der Waals surface area (Å²) in [7, 11) is 0. The molecule has 0 spiro atoms. The molecule has 3 atom stereocenters. The molecule has 0 unspecified atom stereocenters. The summed E-state index contributed by atoms with van der Waals surface area (Å²) in [6.45, 7) is 0. The monoisotopic (exact) mass is 261 g/mol. The number of carboxylic acid groups (broad SMARTS) is 1. The molecule has 2 aliphatic carbocycles. The van der Waals surface area contributed by atoms with E-state index in [2.05, 4.69) is 0 Å². The van der Waals surface area contributed by atoms with Crippen LogP contribution in [-0.4, -0.2) is 21.8 Å². The van der Waals surface area contributed by atoms with Crippen molar-refractivity contribution in [3.63, 3.8) is 0 Å². The highest BCUT2D eigenvalue weighted by Gasteiger charge is 2.75. The van der Waals surface area contributed by atoms with Gasteiger partial charge in [-0.05, 0) is 17.9 Å². The van der Waals surface area contributed by atoms with Gasteiger partial charge in [0.1, 0.15) is 5.78 Å². The fourth-order valence-electron chi connectivity index (χ4n) is 3.51. The summed E-state index contributed by atoms with van der Waals surface area (Å²) in [5.41, 5.74) is -0.395. The summed E-state index contributed by atoms with van der Waals surface area (Å²) >= 11 is 0. The van der Waals surface area contributed by atoms with Gasteiger partial charge in [0, 0.05) is 18.6 Å². The van der Waals surface area contributed by atoms with Crippen molar-refractivity contribution >= 4 is 17.4 Å². The molecule has 3 rings (SSSR count). The van der Waals surface area contributed by atoms with Crippen molar-refractivity contribution in [3.8, 4) is 0 Å². The Morgan fingerprint density at radius 1 is 1.37 bits per heavy atom. The predicted molar refractivity (Wildman–Crippen MR) is 63.6 cm³/mol. The number of nitro benzene ring substituents is 1. The number of nitro groups is 1. The maximum Gasteiger partial charge on any atom is 0.308 e. The Morgan fingerprint density at radius 3 is 2.47 bits per heavy atom. The Hall–Kier alpha value is -2.24. The number of ketones is 1. The van der Waals surface area contributed by atoms with Gasteiger partial charge in [-0.1, -0.05) is 12.1 Å². The molecule has 2 aliphatic rings. The lowest BCUT2D eigenvalue weighted by Crippen LogP contribution is -2.23. The van der Waals surface area contributed by atoms with Gasteiger partial charge >= 0.3 is 5.97 Å². The molecule has 1 aromatic rings. The molecule has 6 nitrogen and oxygen atoms in total. The molecule has 0 aliphatic heterocycles. The van der Waals surface area contributed by atoms with Crippen LogP contribution in [0.4, 0.5) is 5.69 Å². The average molecular weight is 261 g/mol. The minimum atomic E-state index is -0.962. The number of fused-ring (bicyclic) bond motifs is 1.